The van der Waals surface area contributed by atoms with Crippen molar-refractivity contribution in [3.63, 3.8) is 0 Å². The molecule has 1 aliphatic heterocycles. The number of cyclic esters (lactones) is 1. The van der Waals surface area contributed by atoms with Crippen LogP contribution in [-0.4, -0.2) is 32.1 Å². The molecular formula is C12H12O5. The van der Waals surface area contributed by atoms with Crippen molar-refractivity contribution < 1.29 is 23.8 Å². The first-order valence-corrected chi connectivity index (χ1v) is 5.21. The molecule has 0 amide bonds. The van der Waals surface area contributed by atoms with Crippen LogP contribution in [0.3, 0.4) is 0 Å². The molecule has 2 rings (SSSR count). The van der Waals surface area contributed by atoms with Crippen molar-refractivity contribution in [3.8, 4) is 11.5 Å². The maximum atomic E-state index is 11.3. The molecule has 1 fully saturated rings. The highest BCUT2D eigenvalue weighted by Crippen LogP contribution is 2.29. The van der Waals surface area contributed by atoms with E-state index in [1.165, 1.54) is 7.11 Å². The number of ether oxygens (including phenoxy) is 3. The maximum absolute atomic E-state index is 11.3. The van der Waals surface area contributed by atoms with Crippen LogP contribution in [-0.2, 0) is 9.53 Å². The van der Waals surface area contributed by atoms with Crippen LogP contribution in [0.5, 0.6) is 11.5 Å². The molecule has 0 aromatic heterocycles. The van der Waals surface area contributed by atoms with Gasteiger partial charge in [-0.3, -0.25) is 4.79 Å². The zero-order chi connectivity index (χ0) is 12.3. The number of hydrogen-bond acceptors (Lipinski definition) is 5. The number of esters is 1. The summed E-state index contributed by atoms with van der Waals surface area (Å²) < 4.78 is 15.4. The average Bonchev–Trinajstić information content (AvgIpc) is 2.75. The summed E-state index contributed by atoms with van der Waals surface area (Å²) in [6, 6.07) is 4.77. The standard InChI is InChI=1S/C12H12O5/c1-15-11-6-8(7-13)2-3-9(11)17-10-4-5-16-12(10)14/h2-3,6-7,10H,4-5H2,1H3. The van der Waals surface area contributed by atoms with Crippen molar-refractivity contribution in [1.29, 1.82) is 0 Å². The molecule has 1 unspecified atom stereocenters. The molecule has 0 spiro atoms. The third-order valence-corrected chi connectivity index (χ3v) is 2.48. The summed E-state index contributed by atoms with van der Waals surface area (Å²) in [5.41, 5.74) is 0.489. The van der Waals surface area contributed by atoms with Crippen LogP contribution < -0.4 is 9.47 Å². The first kappa shape index (κ1) is 11.4. The van der Waals surface area contributed by atoms with Crippen LogP contribution in [0.1, 0.15) is 16.8 Å². The van der Waals surface area contributed by atoms with Crippen LogP contribution in [0, 0.1) is 0 Å². The number of hydrogen-bond donors (Lipinski definition) is 0. The molecule has 17 heavy (non-hydrogen) atoms. The Hall–Kier alpha value is -2.04. The Kier molecular flexibility index (Phi) is 3.27. The van der Waals surface area contributed by atoms with Gasteiger partial charge in [0.1, 0.15) is 6.29 Å². The maximum Gasteiger partial charge on any atom is 0.347 e. The van der Waals surface area contributed by atoms with Gasteiger partial charge in [-0.15, -0.1) is 0 Å². The van der Waals surface area contributed by atoms with E-state index in [0.717, 1.165) is 6.29 Å². The highest BCUT2D eigenvalue weighted by molar-refractivity contribution is 5.78. The molecule has 1 heterocycles. The summed E-state index contributed by atoms with van der Waals surface area (Å²) in [4.78, 5) is 21.9. The van der Waals surface area contributed by atoms with Gasteiger partial charge in [0.25, 0.3) is 0 Å². The lowest BCUT2D eigenvalue weighted by molar-refractivity contribution is -0.143. The monoisotopic (exact) mass is 236 g/mol. The molecule has 90 valence electrons. The fraction of sp³-hybridized carbons (Fsp3) is 0.333. The molecule has 5 nitrogen and oxygen atoms in total. The Morgan fingerprint density at radius 2 is 2.24 bits per heavy atom. The first-order chi connectivity index (χ1) is 8.24. The normalized spacial score (nSPS) is 18.6. The SMILES string of the molecule is COc1cc(C=O)ccc1OC1CCOC1=O. The lowest BCUT2D eigenvalue weighted by Gasteiger charge is -2.13. The molecule has 1 aromatic carbocycles. The number of methoxy groups -OCH3 is 1. The summed E-state index contributed by atoms with van der Waals surface area (Å²) >= 11 is 0. The van der Waals surface area contributed by atoms with E-state index in [1.54, 1.807) is 18.2 Å². The topological polar surface area (TPSA) is 61.8 Å². The Balaban J connectivity index is 2.19. The minimum atomic E-state index is -0.592. The van der Waals surface area contributed by atoms with E-state index in [2.05, 4.69) is 0 Å². The Morgan fingerprint density at radius 3 is 2.82 bits per heavy atom. The molecule has 0 aliphatic carbocycles. The van der Waals surface area contributed by atoms with Crippen molar-refractivity contribution >= 4 is 12.3 Å². The van der Waals surface area contributed by atoms with Gasteiger partial charge in [0.2, 0.25) is 0 Å². The van der Waals surface area contributed by atoms with Crippen molar-refractivity contribution in [3.05, 3.63) is 23.8 Å². The predicted molar refractivity (Wildman–Crippen MR) is 58.4 cm³/mol. The molecule has 1 saturated heterocycles. The second-order valence-corrected chi connectivity index (χ2v) is 3.59. The van der Waals surface area contributed by atoms with Gasteiger partial charge in [-0.2, -0.15) is 0 Å². The van der Waals surface area contributed by atoms with E-state index in [4.69, 9.17) is 14.2 Å². The van der Waals surface area contributed by atoms with Crippen molar-refractivity contribution in [2.24, 2.45) is 0 Å². The van der Waals surface area contributed by atoms with E-state index in [0.29, 0.717) is 30.1 Å². The lowest BCUT2D eigenvalue weighted by atomic mass is 10.2. The van der Waals surface area contributed by atoms with Crippen molar-refractivity contribution in [1.82, 2.24) is 0 Å². The number of aldehydes is 1. The minimum Gasteiger partial charge on any atom is -0.493 e. The van der Waals surface area contributed by atoms with Gasteiger partial charge in [-0.05, 0) is 18.2 Å². The van der Waals surface area contributed by atoms with E-state index in [9.17, 15) is 9.59 Å². The minimum absolute atomic E-state index is 0.369. The summed E-state index contributed by atoms with van der Waals surface area (Å²) in [5, 5.41) is 0. The Bertz CT molecular complexity index is 441. The number of carbonyl (C=O) groups is 2. The molecule has 1 aliphatic rings. The van der Waals surface area contributed by atoms with E-state index >= 15 is 0 Å². The molecule has 1 aromatic rings. The summed E-state index contributed by atoms with van der Waals surface area (Å²) in [5.74, 6) is 0.489. The van der Waals surface area contributed by atoms with Gasteiger partial charge in [0.15, 0.2) is 17.6 Å². The zero-order valence-electron chi connectivity index (χ0n) is 9.34. The van der Waals surface area contributed by atoms with Crippen molar-refractivity contribution in [2.75, 3.05) is 13.7 Å². The van der Waals surface area contributed by atoms with Gasteiger partial charge in [0.05, 0.1) is 13.7 Å². The average molecular weight is 236 g/mol. The lowest BCUT2D eigenvalue weighted by Crippen LogP contribution is -2.21. The second-order valence-electron chi connectivity index (χ2n) is 3.59. The third kappa shape index (κ3) is 2.38. The first-order valence-electron chi connectivity index (χ1n) is 5.21. The quantitative estimate of drug-likeness (QED) is 0.580. The predicted octanol–water partition coefficient (Wildman–Crippen LogP) is 1.20. The van der Waals surface area contributed by atoms with Gasteiger partial charge in [0, 0.05) is 12.0 Å². The summed E-state index contributed by atoms with van der Waals surface area (Å²) in [6.45, 7) is 0.373. The molecule has 1 atom stereocenters. The molecular weight excluding hydrogens is 224 g/mol. The highest BCUT2D eigenvalue weighted by atomic mass is 16.6. The zero-order valence-corrected chi connectivity index (χ0v) is 9.34. The Labute approximate surface area is 98.3 Å². The second kappa shape index (κ2) is 4.86. The molecule has 0 saturated carbocycles. The number of rotatable bonds is 4. The summed E-state index contributed by atoms with van der Waals surface area (Å²) in [6.07, 6.45) is 0.652. The molecule has 0 N–H and O–H groups in total. The van der Waals surface area contributed by atoms with Crippen LogP contribution >= 0.6 is 0 Å². The van der Waals surface area contributed by atoms with Gasteiger partial charge >= 0.3 is 5.97 Å². The molecule has 5 heteroatoms. The van der Waals surface area contributed by atoms with E-state index in [1.807, 2.05) is 0 Å². The Morgan fingerprint density at radius 1 is 1.41 bits per heavy atom. The van der Waals surface area contributed by atoms with Crippen LogP contribution in [0.15, 0.2) is 18.2 Å². The number of benzene rings is 1. The van der Waals surface area contributed by atoms with Gasteiger partial charge in [-0.1, -0.05) is 0 Å². The third-order valence-electron chi connectivity index (χ3n) is 2.48. The molecule has 0 radical (unpaired) electrons. The van der Waals surface area contributed by atoms with Gasteiger partial charge < -0.3 is 14.2 Å². The number of carbonyl (C=O) groups excluding carboxylic acids is 2. The summed E-state index contributed by atoms with van der Waals surface area (Å²) in [7, 11) is 1.48. The smallest absolute Gasteiger partial charge is 0.347 e. The van der Waals surface area contributed by atoms with Crippen LogP contribution in [0.25, 0.3) is 0 Å². The fourth-order valence-corrected chi connectivity index (χ4v) is 1.59. The molecule has 0 bridgehead atoms. The van der Waals surface area contributed by atoms with Gasteiger partial charge in [-0.25, -0.2) is 4.79 Å². The van der Waals surface area contributed by atoms with Crippen molar-refractivity contribution in [2.45, 2.75) is 12.5 Å². The van der Waals surface area contributed by atoms with Crippen LogP contribution in [0.2, 0.25) is 0 Å². The largest absolute Gasteiger partial charge is 0.493 e. The fourth-order valence-electron chi connectivity index (χ4n) is 1.59. The van der Waals surface area contributed by atoms with E-state index < -0.39 is 6.10 Å². The van der Waals surface area contributed by atoms with E-state index in [-0.39, 0.29) is 5.97 Å². The highest BCUT2D eigenvalue weighted by Gasteiger charge is 2.29. The van der Waals surface area contributed by atoms with Crippen LogP contribution in [0.4, 0.5) is 0 Å².